The zero-order chi connectivity index (χ0) is 15.1. The summed E-state index contributed by atoms with van der Waals surface area (Å²) in [6, 6.07) is 3.96. The number of aryl methyl sites for hydroxylation is 1. The maximum atomic E-state index is 4.71. The Hall–Kier alpha value is -2.83. The largest absolute Gasteiger partial charge is 0.370 e. The summed E-state index contributed by atoms with van der Waals surface area (Å²) in [5.41, 5.74) is 4.99. The molecule has 0 aliphatic carbocycles. The Morgan fingerprint density at radius 1 is 1.23 bits per heavy atom. The van der Waals surface area contributed by atoms with Gasteiger partial charge in [-0.25, -0.2) is 9.50 Å². The van der Waals surface area contributed by atoms with E-state index in [1.807, 2.05) is 49.3 Å². The Kier molecular flexibility index (Phi) is 2.85. The summed E-state index contributed by atoms with van der Waals surface area (Å²) in [5, 5.41) is 12.3. The highest BCUT2D eigenvalue weighted by Gasteiger charge is 2.13. The van der Waals surface area contributed by atoms with Crippen molar-refractivity contribution in [2.45, 2.75) is 6.42 Å². The third kappa shape index (κ3) is 2.20. The van der Waals surface area contributed by atoms with E-state index in [1.165, 1.54) is 5.70 Å². The lowest BCUT2D eigenvalue weighted by molar-refractivity contribution is 0.473. The van der Waals surface area contributed by atoms with Crippen molar-refractivity contribution in [2.24, 2.45) is 7.05 Å². The minimum absolute atomic E-state index is 0.787. The molecule has 1 aliphatic rings. The van der Waals surface area contributed by atoms with Crippen LogP contribution in [0.5, 0.6) is 0 Å². The third-order valence-electron chi connectivity index (χ3n) is 3.74. The van der Waals surface area contributed by atoms with E-state index in [-0.39, 0.29) is 0 Å². The fraction of sp³-hybridized carbons (Fsp3) is 0.267. The van der Waals surface area contributed by atoms with Gasteiger partial charge in [0.15, 0.2) is 5.65 Å². The van der Waals surface area contributed by atoms with Crippen LogP contribution in [0.1, 0.15) is 5.69 Å². The quantitative estimate of drug-likeness (QED) is 0.781. The number of fused-ring (bicyclic) bond motifs is 1. The molecular weight excluding hydrogens is 278 g/mol. The van der Waals surface area contributed by atoms with Gasteiger partial charge in [0.05, 0.1) is 30.5 Å². The molecule has 0 amide bonds. The molecule has 0 radical (unpaired) electrons. The van der Waals surface area contributed by atoms with Crippen LogP contribution in [0, 0.1) is 0 Å². The van der Waals surface area contributed by atoms with Crippen molar-refractivity contribution in [2.75, 3.05) is 13.7 Å². The van der Waals surface area contributed by atoms with Gasteiger partial charge in [-0.1, -0.05) is 0 Å². The average Bonchev–Trinajstić information content (AvgIpc) is 3.21. The fourth-order valence-corrected chi connectivity index (χ4v) is 2.64. The van der Waals surface area contributed by atoms with Crippen molar-refractivity contribution in [3.8, 4) is 11.3 Å². The maximum Gasteiger partial charge on any atom is 0.153 e. The summed E-state index contributed by atoms with van der Waals surface area (Å²) in [7, 11) is 3.95. The molecule has 0 unspecified atom stereocenters. The molecule has 0 aromatic carbocycles. The van der Waals surface area contributed by atoms with Gasteiger partial charge in [-0.2, -0.15) is 10.2 Å². The van der Waals surface area contributed by atoms with Gasteiger partial charge in [0.2, 0.25) is 0 Å². The topological polar surface area (TPSA) is 63.3 Å². The molecule has 0 atom stereocenters. The Morgan fingerprint density at radius 2 is 2.14 bits per heavy atom. The molecule has 1 aliphatic heterocycles. The number of nitrogens with zero attached hydrogens (tertiary/aromatic N) is 6. The van der Waals surface area contributed by atoms with Crippen molar-refractivity contribution >= 4 is 5.65 Å². The highest BCUT2D eigenvalue weighted by molar-refractivity contribution is 5.58. The standard InChI is InChI=1S/C15H17N7/c1-20-9-12(17-10-20)5-13-7-16-15-4-3-14(19-22(13)15)11-6-18-21(2)8-11/h3-4,6-9,17H,5,10H2,1-2H3. The van der Waals surface area contributed by atoms with Crippen LogP contribution in [0.3, 0.4) is 0 Å². The van der Waals surface area contributed by atoms with Crippen molar-refractivity contribution in [3.63, 3.8) is 0 Å². The van der Waals surface area contributed by atoms with E-state index in [0.29, 0.717) is 0 Å². The third-order valence-corrected chi connectivity index (χ3v) is 3.74. The molecule has 112 valence electrons. The van der Waals surface area contributed by atoms with Gasteiger partial charge in [0.25, 0.3) is 0 Å². The molecule has 4 rings (SSSR count). The summed E-state index contributed by atoms with van der Waals surface area (Å²) in [4.78, 5) is 6.55. The molecule has 22 heavy (non-hydrogen) atoms. The molecule has 0 saturated carbocycles. The van der Waals surface area contributed by atoms with E-state index >= 15 is 0 Å². The number of rotatable bonds is 3. The number of nitrogens with one attached hydrogen (secondary N) is 1. The lowest BCUT2D eigenvalue weighted by Gasteiger charge is -2.04. The highest BCUT2D eigenvalue weighted by Crippen LogP contribution is 2.18. The van der Waals surface area contributed by atoms with E-state index in [1.54, 1.807) is 4.68 Å². The monoisotopic (exact) mass is 295 g/mol. The van der Waals surface area contributed by atoms with Crippen LogP contribution in [0.15, 0.2) is 42.6 Å². The first-order valence-electron chi connectivity index (χ1n) is 7.16. The van der Waals surface area contributed by atoms with Gasteiger partial charge in [0.1, 0.15) is 0 Å². The van der Waals surface area contributed by atoms with Crippen LogP contribution in [0.4, 0.5) is 0 Å². The second-order valence-corrected chi connectivity index (χ2v) is 5.56. The molecule has 3 aromatic rings. The van der Waals surface area contributed by atoms with Crippen LogP contribution in [-0.2, 0) is 13.5 Å². The lowest BCUT2D eigenvalue weighted by Crippen LogP contribution is -2.17. The minimum atomic E-state index is 0.787. The smallest absolute Gasteiger partial charge is 0.153 e. The lowest BCUT2D eigenvalue weighted by atomic mass is 10.2. The SMILES string of the molecule is CN1C=C(Cc2cnc3ccc(-c4cnn(C)c4)nn23)NC1. The summed E-state index contributed by atoms with van der Waals surface area (Å²) in [6.45, 7) is 0.848. The fourth-order valence-electron chi connectivity index (χ4n) is 2.64. The molecule has 1 N–H and O–H groups in total. The van der Waals surface area contributed by atoms with Crippen LogP contribution in [-0.4, -0.2) is 43.0 Å². The van der Waals surface area contributed by atoms with E-state index in [9.17, 15) is 0 Å². The summed E-state index contributed by atoms with van der Waals surface area (Å²) < 4.78 is 3.68. The Balaban J connectivity index is 1.72. The molecule has 0 spiro atoms. The Bertz CT molecular complexity index is 858. The molecule has 0 fully saturated rings. The second-order valence-electron chi connectivity index (χ2n) is 5.56. The van der Waals surface area contributed by atoms with Crippen LogP contribution in [0.25, 0.3) is 16.9 Å². The molecule has 3 aromatic heterocycles. The molecule has 0 bridgehead atoms. The first-order chi connectivity index (χ1) is 10.7. The van der Waals surface area contributed by atoms with Crippen LogP contribution < -0.4 is 5.32 Å². The maximum absolute atomic E-state index is 4.71. The van der Waals surface area contributed by atoms with Gasteiger partial charge in [-0.15, -0.1) is 0 Å². The molecule has 7 nitrogen and oxygen atoms in total. The number of hydrogen-bond acceptors (Lipinski definition) is 5. The average molecular weight is 295 g/mol. The number of allylic oxidation sites excluding steroid dienone is 1. The summed E-state index contributed by atoms with van der Waals surface area (Å²) in [6.07, 6.45) is 8.57. The predicted molar refractivity (Wildman–Crippen MR) is 82.7 cm³/mol. The van der Waals surface area contributed by atoms with Gasteiger partial charge in [-0.3, -0.25) is 4.68 Å². The van der Waals surface area contributed by atoms with E-state index in [0.717, 1.165) is 35.7 Å². The molecule has 0 saturated heterocycles. The van der Waals surface area contributed by atoms with Crippen molar-refractivity contribution in [1.82, 2.24) is 34.6 Å². The predicted octanol–water partition coefficient (Wildman–Crippen LogP) is 1.01. The van der Waals surface area contributed by atoms with E-state index in [2.05, 4.69) is 26.5 Å². The van der Waals surface area contributed by atoms with Crippen molar-refractivity contribution in [3.05, 3.63) is 48.3 Å². The van der Waals surface area contributed by atoms with Crippen molar-refractivity contribution < 1.29 is 0 Å². The zero-order valence-electron chi connectivity index (χ0n) is 12.6. The zero-order valence-corrected chi connectivity index (χ0v) is 12.6. The van der Waals surface area contributed by atoms with Crippen LogP contribution in [0.2, 0.25) is 0 Å². The first kappa shape index (κ1) is 12.9. The first-order valence-corrected chi connectivity index (χ1v) is 7.16. The Labute approximate surface area is 127 Å². The number of aromatic nitrogens is 5. The highest BCUT2D eigenvalue weighted by atomic mass is 15.3. The summed E-state index contributed by atoms with van der Waals surface area (Å²) in [5.74, 6) is 0. The molecule has 4 heterocycles. The normalized spacial score (nSPS) is 14.5. The van der Waals surface area contributed by atoms with Gasteiger partial charge >= 0.3 is 0 Å². The van der Waals surface area contributed by atoms with Crippen molar-refractivity contribution in [1.29, 1.82) is 0 Å². The van der Waals surface area contributed by atoms with Gasteiger partial charge in [0, 0.05) is 44.2 Å². The van der Waals surface area contributed by atoms with Gasteiger partial charge < -0.3 is 10.2 Å². The number of imidazole rings is 1. The Morgan fingerprint density at radius 3 is 2.86 bits per heavy atom. The molecule has 7 heteroatoms. The number of hydrogen-bond donors (Lipinski definition) is 1. The molecular formula is C15H17N7. The minimum Gasteiger partial charge on any atom is -0.370 e. The van der Waals surface area contributed by atoms with E-state index in [4.69, 9.17) is 5.10 Å². The second kappa shape index (κ2) is 4.87. The van der Waals surface area contributed by atoms with Crippen LogP contribution >= 0.6 is 0 Å². The van der Waals surface area contributed by atoms with E-state index < -0.39 is 0 Å². The summed E-state index contributed by atoms with van der Waals surface area (Å²) >= 11 is 0. The van der Waals surface area contributed by atoms with Gasteiger partial charge in [-0.05, 0) is 12.1 Å².